The number of ether oxygens (including phenoxy) is 1. The van der Waals surface area contributed by atoms with Crippen molar-refractivity contribution in [2.75, 3.05) is 19.8 Å². The van der Waals surface area contributed by atoms with E-state index in [-0.39, 0.29) is 25.5 Å². The second-order valence-electron chi connectivity index (χ2n) is 5.33. The van der Waals surface area contributed by atoms with Gasteiger partial charge < -0.3 is 15.2 Å². The molecule has 21 heavy (non-hydrogen) atoms. The molecule has 2 rings (SSSR count). The number of aryl methyl sites for hydroxylation is 1. The van der Waals surface area contributed by atoms with Crippen molar-refractivity contribution in [1.29, 1.82) is 0 Å². The summed E-state index contributed by atoms with van der Waals surface area (Å²) in [6.45, 7) is 0.744. The lowest BCUT2D eigenvalue weighted by Gasteiger charge is -2.34. The summed E-state index contributed by atoms with van der Waals surface area (Å²) >= 11 is 0. The zero-order valence-corrected chi connectivity index (χ0v) is 12.1. The maximum absolute atomic E-state index is 11.7. The number of fused-ring (bicyclic) bond motifs is 1. The average Bonchev–Trinajstić information content (AvgIpc) is 2.50. The summed E-state index contributed by atoms with van der Waals surface area (Å²) in [5.41, 5.74) is 1.13. The van der Waals surface area contributed by atoms with Crippen LogP contribution in [-0.4, -0.2) is 30.8 Å². The lowest BCUT2D eigenvalue weighted by molar-refractivity contribution is -0.123. The molecule has 1 unspecified atom stereocenters. The smallest absolute Gasteiger partial charge is 0.222 e. The molecule has 1 amide bonds. The van der Waals surface area contributed by atoms with Gasteiger partial charge in [-0.25, -0.2) is 0 Å². The first-order valence-corrected chi connectivity index (χ1v) is 7.24. The van der Waals surface area contributed by atoms with Gasteiger partial charge in [-0.05, 0) is 30.4 Å². The van der Waals surface area contributed by atoms with E-state index in [1.54, 1.807) is 0 Å². The minimum atomic E-state index is -0.968. The van der Waals surface area contributed by atoms with Gasteiger partial charge in [0.2, 0.25) is 5.91 Å². The van der Waals surface area contributed by atoms with Gasteiger partial charge in [0.25, 0.3) is 0 Å². The summed E-state index contributed by atoms with van der Waals surface area (Å²) in [4.78, 5) is 11.7. The standard InChI is InChI=1S/C17H21NO3/c1-2-11-21-12-9-16(19)18-13-17(20)10-5-7-14-6-3-4-8-15(14)17/h1,3-4,6,8,20H,5,7,9-13H2,(H,18,19). The summed E-state index contributed by atoms with van der Waals surface area (Å²) in [6.07, 6.45) is 7.87. The Kier molecular flexibility index (Phi) is 5.38. The monoisotopic (exact) mass is 287 g/mol. The molecule has 0 bridgehead atoms. The van der Waals surface area contributed by atoms with Crippen LogP contribution in [0.4, 0.5) is 0 Å². The fraction of sp³-hybridized carbons (Fsp3) is 0.471. The van der Waals surface area contributed by atoms with E-state index in [0.717, 1.165) is 24.0 Å². The number of rotatable bonds is 6. The Balaban J connectivity index is 1.88. The van der Waals surface area contributed by atoms with E-state index in [4.69, 9.17) is 11.2 Å². The summed E-state index contributed by atoms with van der Waals surface area (Å²) in [5.74, 6) is 2.21. The Labute approximate surface area is 125 Å². The van der Waals surface area contributed by atoms with Crippen molar-refractivity contribution < 1.29 is 14.6 Å². The fourth-order valence-corrected chi connectivity index (χ4v) is 2.71. The van der Waals surface area contributed by atoms with Crippen molar-refractivity contribution in [3.05, 3.63) is 35.4 Å². The van der Waals surface area contributed by atoms with Gasteiger partial charge in [0, 0.05) is 0 Å². The molecule has 0 radical (unpaired) electrons. The minimum absolute atomic E-state index is 0.136. The van der Waals surface area contributed by atoms with Crippen molar-refractivity contribution in [3.63, 3.8) is 0 Å². The second-order valence-corrected chi connectivity index (χ2v) is 5.33. The van der Waals surface area contributed by atoms with E-state index in [2.05, 4.69) is 11.2 Å². The van der Waals surface area contributed by atoms with Crippen LogP contribution in [0, 0.1) is 12.3 Å². The fourth-order valence-electron chi connectivity index (χ4n) is 2.71. The molecule has 1 aliphatic carbocycles. The maximum atomic E-state index is 11.7. The Bertz CT molecular complexity index is 535. The van der Waals surface area contributed by atoms with Gasteiger partial charge in [-0.3, -0.25) is 4.79 Å². The Morgan fingerprint density at radius 2 is 2.29 bits per heavy atom. The molecular weight excluding hydrogens is 266 g/mol. The van der Waals surface area contributed by atoms with E-state index in [0.29, 0.717) is 13.0 Å². The highest BCUT2D eigenvalue weighted by molar-refractivity contribution is 5.76. The first kappa shape index (κ1) is 15.6. The average molecular weight is 287 g/mol. The van der Waals surface area contributed by atoms with Gasteiger partial charge in [-0.15, -0.1) is 6.42 Å². The third-order valence-corrected chi connectivity index (χ3v) is 3.79. The Morgan fingerprint density at radius 3 is 3.10 bits per heavy atom. The number of carbonyl (C=O) groups is 1. The molecule has 0 saturated carbocycles. The normalized spacial score (nSPS) is 20.4. The van der Waals surface area contributed by atoms with Crippen LogP contribution in [0.2, 0.25) is 0 Å². The molecule has 2 N–H and O–H groups in total. The van der Waals surface area contributed by atoms with Crippen molar-refractivity contribution in [1.82, 2.24) is 5.32 Å². The van der Waals surface area contributed by atoms with Crippen LogP contribution in [0.1, 0.15) is 30.4 Å². The van der Waals surface area contributed by atoms with Crippen molar-refractivity contribution in [2.24, 2.45) is 0 Å². The van der Waals surface area contributed by atoms with E-state index >= 15 is 0 Å². The molecule has 0 aromatic heterocycles. The summed E-state index contributed by atoms with van der Waals surface area (Å²) in [6, 6.07) is 7.88. The molecule has 0 fully saturated rings. The zero-order valence-electron chi connectivity index (χ0n) is 12.1. The van der Waals surface area contributed by atoms with E-state index in [1.807, 2.05) is 24.3 Å². The van der Waals surface area contributed by atoms with Crippen molar-refractivity contribution in [2.45, 2.75) is 31.3 Å². The van der Waals surface area contributed by atoms with Crippen LogP contribution in [0.25, 0.3) is 0 Å². The van der Waals surface area contributed by atoms with Crippen LogP contribution in [0.3, 0.4) is 0 Å². The minimum Gasteiger partial charge on any atom is -0.383 e. The predicted octanol–water partition coefficient (Wildman–Crippen LogP) is 1.37. The number of carbonyl (C=O) groups excluding carboxylic acids is 1. The van der Waals surface area contributed by atoms with Gasteiger partial charge in [-0.2, -0.15) is 0 Å². The van der Waals surface area contributed by atoms with Gasteiger partial charge in [0.1, 0.15) is 12.2 Å². The number of benzene rings is 1. The van der Waals surface area contributed by atoms with Crippen molar-refractivity contribution in [3.8, 4) is 12.3 Å². The number of aliphatic hydroxyl groups is 1. The first-order chi connectivity index (χ1) is 10.2. The number of nitrogens with one attached hydrogen (secondary N) is 1. The molecule has 112 valence electrons. The summed E-state index contributed by atoms with van der Waals surface area (Å²) in [5, 5.41) is 13.6. The first-order valence-electron chi connectivity index (χ1n) is 7.24. The Morgan fingerprint density at radius 1 is 1.48 bits per heavy atom. The quantitative estimate of drug-likeness (QED) is 0.613. The number of hydrogen-bond donors (Lipinski definition) is 2. The molecule has 0 aliphatic heterocycles. The highest BCUT2D eigenvalue weighted by atomic mass is 16.5. The molecule has 4 nitrogen and oxygen atoms in total. The third-order valence-electron chi connectivity index (χ3n) is 3.79. The largest absolute Gasteiger partial charge is 0.383 e. The molecule has 1 aromatic rings. The highest BCUT2D eigenvalue weighted by Gasteiger charge is 2.34. The van der Waals surface area contributed by atoms with Gasteiger partial charge in [0.15, 0.2) is 0 Å². The van der Waals surface area contributed by atoms with Crippen molar-refractivity contribution >= 4 is 5.91 Å². The van der Waals surface area contributed by atoms with Crippen LogP contribution < -0.4 is 5.32 Å². The highest BCUT2D eigenvalue weighted by Crippen LogP contribution is 2.34. The molecule has 0 saturated heterocycles. The molecule has 4 heteroatoms. The molecule has 1 aliphatic rings. The third kappa shape index (κ3) is 4.07. The topological polar surface area (TPSA) is 58.6 Å². The lowest BCUT2D eigenvalue weighted by atomic mass is 9.79. The predicted molar refractivity (Wildman–Crippen MR) is 80.6 cm³/mol. The van der Waals surface area contributed by atoms with E-state index < -0.39 is 5.60 Å². The molecular formula is C17H21NO3. The number of terminal acetylenes is 1. The number of hydrogen-bond acceptors (Lipinski definition) is 3. The summed E-state index contributed by atoms with van der Waals surface area (Å²) < 4.78 is 5.07. The van der Waals surface area contributed by atoms with Crippen LogP contribution in [0.5, 0.6) is 0 Å². The molecule has 1 aromatic carbocycles. The van der Waals surface area contributed by atoms with Crippen LogP contribution in [-0.2, 0) is 21.6 Å². The van der Waals surface area contributed by atoms with Crippen LogP contribution in [0.15, 0.2) is 24.3 Å². The summed E-state index contributed by atoms with van der Waals surface area (Å²) in [7, 11) is 0. The maximum Gasteiger partial charge on any atom is 0.222 e. The number of amides is 1. The van der Waals surface area contributed by atoms with Gasteiger partial charge >= 0.3 is 0 Å². The van der Waals surface area contributed by atoms with E-state index in [1.165, 1.54) is 0 Å². The lowest BCUT2D eigenvalue weighted by Crippen LogP contribution is -2.43. The van der Waals surface area contributed by atoms with Gasteiger partial charge in [0.05, 0.1) is 19.6 Å². The van der Waals surface area contributed by atoms with Crippen LogP contribution >= 0.6 is 0 Å². The Hall–Kier alpha value is -1.83. The molecule has 1 atom stereocenters. The zero-order chi connectivity index (χ0) is 15.1. The second kappa shape index (κ2) is 7.26. The molecule has 0 spiro atoms. The SMILES string of the molecule is C#CCOCCC(=O)NCC1(O)CCCc2ccccc21. The van der Waals surface area contributed by atoms with E-state index in [9.17, 15) is 9.90 Å². The van der Waals surface area contributed by atoms with Gasteiger partial charge in [-0.1, -0.05) is 30.2 Å². The molecule has 0 heterocycles.